The van der Waals surface area contributed by atoms with Crippen molar-refractivity contribution < 1.29 is 0 Å². The van der Waals surface area contributed by atoms with Gasteiger partial charge in [-0.3, -0.25) is 0 Å². The lowest BCUT2D eigenvalue weighted by Gasteiger charge is -2.20. The van der Waals surface area contributed by atoms with E-state index in [-0.39, 0.29) is 0 Å². The second-order valence-electron chi connectivity index (χ2n) is 4.84. The molecule has 1 N–H and O–H groups in total. The molecule has 104 valence electrons. The van der Waals surface area contributed by atoms with Crippen LogP contribution in [0.4, 0.5) is 5.82 Å². The Morgan fingerprint density at radius 3 is 1.81 bits per heavy atom. The quantitative estimate of drug-likeness (QED) is 0.739. The molecule has 3 heteroatoms. The summed E-state index contributed by atoms with van der Waals surface area (Å²) in [7, 11) is -0.649. The van der Waals surface area contributed by atoms with Crippen molar-refractivity contribution in [3.8, 4) is 0 Å². The zero-order valence-corrected chi connectivity index (χ0v) is 12.8. The van der Waals surface area contributed by atoms with Crippen LogP contribution >= 0.6 is 8.07 Å². The number of aryl methyl sites for hydroxylation is 1. The Labute approximate surface area is 126 Å². The molecule has 1 aromatic heterocycles. The summed E-state index contributed by atoms with van der Waals surface area (Å²) >= 11 is 0. The van der Waals surface area contributed by atoms with Gasteiger partial charge in [0.1, 0.15) is 5.82 Å². The van der Waals surface area contributed by atoms with Gasteiger partial charge in [0, 0.05) is 16.8 Å². The molecule has 0 fully saturated rings. The molecule has 3 aromatic rings. The number of anilines is 1. The van der Waals surface area contributed by atoms with Gasteiger partial charge in [-0.25, -0.2) is 4.98 Å². The van der Waals surface area contributed by atoms with Crippen LogP contribution in [-0.4, -0.2) is 4.98 Å². The van der Waals surface area contributed by atoms with Gasteiger partial charge in [-0.15, -0.1) is 0 Å². The highest BCUT2D eigenvalue weighted by Gasteiger charge is 2.13. The SMILES string of the molecule is Cc1ccc(NP(c2ccccc2)c2ccccc2)nc1. The van der Waals surface area contributed by atoms with Crippen LogP contribution in [0.2, 0.25) is 0 Å². The molecule has 2 nitrogen and oxygen atoms in total. The number of hydrogen-bond acceptors (Lipinski definition) is 2. The molecule has 0 amide bonds. The molecule has 0 spiro atoms. The van der Waals surface area contributed by atoms with Gasteiger partial charge in [-0.1, -0.05) is 66.7 Å². The maximum absolute atomic E-state index is 4.47. The molecule has 0 unspecified atom stereocenters. The molecule has 2 aromatic carbocycles. The molecule has 0 saturated carbocycles. The second kappa shape index (κ2) is 6.51. The summed E-state index contributed by atoms with van der Waals surface area (Å²) in [5, 5.41) is 6.18. The molecule has 1 heterocycles. The van der Waals surface area contributed by atoms with Crippen LogP contribution in [0.25, 0.3) is 0 Å². The number of rotatable bonds is 4. The van der Waals surface area contributed by atoms with E-state index >= 15 is 0 Å². The number of pyridine rings is 1. The average molecular weight is 292 g/mol. The Balaban J connectivity index is 1.95. The summed E-state index contributed by atoms with van der Waals surface area (Å²) in [5.41, 5.74) is 1.17. The molecule has 0 radical (unpaired) electrons. The van der Waals surface area contributed by atoms with Crippen LogP contribution in [-0.2, 0) is 0 Å². The number of benzene rings is 2. The Morgan fingerprint density at radius 2 is 1.33 bits per heavy atom. The van der Waals surface area contributed by atoms with Gasteiger partial charge in [0.15, 0.2) is 0 Å². The first-order valence-electron chi connectivity index (χ1n) is 6.92. The van der Waals surface area contributed by atoms with E-state index in [0.29, 0.717) is 0 Å². The molecule has 0 aliphatic carbocycles. The standard InChI is InChI=1S/C18H17N2P/c1-15-12-13-18(19-14-15)20-21(16-8-4-2-5-9-16)17-10-6-3-7-11-17/h2-14H,1H3,(H,19,20). The normalized spacial score (nSPS) is 10.6. The van der Waals surface area contributed by atoms with Crippen molar-refractivity contribution >= 4 is 24.5 Å². The zero-order chi connectivity index (χ0) is 14.5. The van der Waals surface area contributed by atoms with Crippen molar-refractivity contribution in [3.05, 3.63) is 84.6 Å². The number of aromatic nitrogens is 1. The molecule has 0 saturated heterocycles. The predicted octanol–water partition coefficient (Wildman–Crippen LogP) is 3.85. The Morgan fingerprint density at radius 1 is 0.762 bits per heavy atom. The first-order valence-corrected chi connectivity index (χ1v) is 8.26. The third kappa shape index (κ3) is 3.48. The summed E-state index contributed by atoms with van der Waals surface area (Å²) in [6.45, 7) is 2.05. The van der Waals surface area contributed by atoms with E-state index in [0.717, 1.165) is 5.82 Å². The van der Waals surface area contributed by atoms with E-state index in [9.17, 15) is 0 Å². The molecule has 0 aliphatic heterocycles. The summed E-state index contributed by atoms with van der Waals surface area (Å²) < 4.78 is 0. The molecule has 21 heavy (non-hydrogen) atoms. The van der Waals surface area contributed by atoms with E-state index < -0.39 is 8.07 Å². The lowest BCUT2D eigenvalue weighted by Crippen LogP contribution is -2.17. The highest BCUT2D eigenvalue weighted by molar-refractivity contribution is 7.74. The fourth-order valence-corrected chi connectivity index (χ4v) is 3.94. The summed E-state index contributed by atoms with van der Waals surface area (Å²) in [4.78, 5) is 4.47. The lowest BCUT2D eigenvalue weighted by atomic mass is 10.3. The topological polar surface area (TPSA) is 24.9 Å². The van der Waals surface area contributed by atoms with Crippen molar-refractivity contribution in [2.75, 3.05) is 5.09 Å². The number of nitrogens with zero attached hydrogens (tertiary/aromatic N) is 1. The van der Waals surface area contributed by atoms with E-state index in [4.69, 9.17) is 0 Å². The fourth-order valence-electron chi connectivity index (χ4n) is 2.08. The zero-order valence-electron chi connectivity index (χ0n) is 11.9. The smallest absolute Gasteiger partial charge is 0.129 e. The Bertz CT molecular complexity index is 642. The lowest BCUT2D eigenvalue weighted by molar-refractivity contribution is 1.28. The minimum absolute atomic E-state index is 0.649. The molecule has 0 aliphatic rings. The third-order valence-electron chi connectivity index (χ3n) is 3.17. The molecular formula is C18H17N2P. The second-order valence-corrected chi connectivity index (χ2v) is 6.77. The number of nitrogens with one attached hydrogen (secondary N) is 1. The molecule has 0 atom stereocenters. The van der Waals surface area contributed by atoms with Gasteiger partial charge < -0.3 is 5.09 Å². The van der Waals surface area contributed by atoms with Crippen molar-refractivity contribution in [1.29, 1.82) is 0 Å². The van der Waals surface area contributed by atoms with E-state index in [1.54, 1.807) is 0 Å². The van der Waals surface area contributed by atoms with Crippen molar-refractivity contribution in [3.63, 3.8) is 0 Å². The highest BCUT2D eigenvalue weighted by Crippen LogP contribution is 2.33. The van der Waals surface area contributed by atoms with Crippen LogP contribution in [0, 0.1) is 6.92 Å². The first kappa shape index (κ1) is 13.8. The molecular weight excluding hydrogens is 275 g/mol. The molecule has 3 rings (SSSR count). The minimum atomic E-state index is -0.649. The highest BCUT2D eigenvalue weighted by atomic mass is 31.1. The maximum atomic E-state index is 4.47. The largest absolute Gasteiger partial charge is 0.342 e. The van der Waals surface area contributed by atoms with Gasteiger partial charge in [0.25, 0.3) is 0 Å². The predicted molar refractivity (Wildman–Crippen MR) is 91.7 cm³/mol. The maximum Gasteiger partial charge on any atom is 0.129 e. The molecule has 0 bridgehead atoms. The monoisotopic (exact) mass is 292 g/mol. The Hall–Kier alpha value is -2.18. The van der Waals surface area contributed by atoms with Gasteiger partial charge in [0.05, 0.1) is 8.07 Å². The van der Waals surface area contributed by atoms with Crippen LogP contribution in [0.5, 0.6) is 0 Å². The average Bonchev–Trinajstić information content (AvgIpc) is 2.56. The number of hydrogen-bond donors (Lipinski definition) is 1. The van der Waals surface area contributed by atoms with E-state index in [2.05, 4.69) is 64.7 Å². The van der Waals surface area contributed by atoms with Crippen molar-refractivity contribution in [2.45, 2.75) is 6.92 Å². The van der Waals surface area contributed by atoms with Gasteiger partial charge in [0.2, 0.25) is 0 Å². The summed E-state index contributed by atoms with van der Waals surface area (Å²) in [6, 6.07) is 25.2. The van der Waals surface area contributed by atoms with E-state index in [1.807, 2.05) is 31.3 Å². The van der Waals surface area contributed by atoms with Gasteiger partial charge in [-0.2, -0.15) is 0 Å². The van der Waals surface area contributed by atoms with Crippen LogP contribution in [0.15, 0.2) is 79.0 Å². The van der Waals surface area contributed by atoms with Crippen LogP contribution < -0.4 is 15.7 Å². The fraction of sp³-hybridized carbons (Fsp3) is 0.0556. The van der Waals surface area contributed by atoms with Gasteiger partial charge >= 0.3 is 0 Å². The van der Waals surface area contributed by atoms with Crippen LogP contribution in [0.3, 0.4) is 0 Å². The van der Waals surface area contributed by atoms with Crippen LogP contribution in [0.1, 0.15) is 5.56 Å². The van der Waals surface area contributed by atoms with Crippen molar-refractivity contribution in [2.24, 2.45) is 0 Å². The van der Waals surface area contributed by atoms with Gasteiger partial charge in [-0.05, 0) is 18.6 Å². The third-order valence-corrected chi connectivity index (χ3v) is 5.25. The first-order chi connectivity index (χ1) is 10.3. The summed E-state index contributed by atoms with van der Waals surface area (Å²) in [6.07, 6.45) is 1.89. The summed E-state index contributed by atoms with van der Waals surface area (Å²) in [5.74, 6) is 0.916. The van der Waals surface area contributed by atoms with E-state index in [1.165, 1.54) is 16.2 Å². The van der Waals surface area contributed by atoms with Crippen molar-refractivity contribution in [1.82, 2.24) is 4.98 Å². The Kier molecular flexibility index (Phi) is 4.28. The minimum Gasteiger partial charge on any atom is -0.342 e.